The molecule has 1 fully saturated rings. The monoisotopic (exact) mass is 458 g/mol. The molecule has 33 heavy (non-hydrogen) atoms. The number of rotatable bonds is 6. The van der Waals surface area contributed by atoms with Crippen molar-refractivity contribution in [2.24, 2.45) is 0 Å². The van der Waals surface area contributed by atoms with Crippen LogP contribution in [0.3, 0.4) is 0 Å². The lowest BCUT2D eigenvalue weighted by Gasteiger charge is -2.26. The molecule has 1 aliphatic rings. The second kappa shape index (κ2) is 9.75. The second-order valence-corrected chi connectivity index (χ2v) is 8.52. The second-order valence-electron chi connectivity index (χ2n) is 7.37. The van der Waals surface area contributed by atoms with Gasteiger partial charge in [-0.05, 0) is 74.0 Å². The van der Waals surface area contributed by atoms with Crippen LogP contribution >= 0.6 is 11.8 Å². The topological polar surface area (TPSA) is 75.7 Å². The SMILES string of the molecule is CCOc1ccc(N2C(=O)NC(=O)/C(=C\c3ccc(Sc4ccc(C)cc4)cc3)C2=O)cc1. The summed E-state index contributed by atoms with van der Waals surface area (Å²) < 4.78 is 5.40. The highest BCUT2D eigenvalue weighted by atomic mass is 32.2. The molecule has 3 aromatic rings. The van der Waals surface area contributed by atoms with Gasteiger partial charge in [0.2, 0.25) is 0 Å². The first-order valence-corrected chi connectivity index (χ1v) is 11.2. The van der Waals surface area contributed by atoms with Crippen molar-refractivity contribution in [3.63, 3.8) is 0 Å². The number of urea groups is 1. The third-order valence-electron chi connectivity index (χ3n) is 4.96. The molecule has 1 aliphatic heterocycles. The van der Waals surface area contributed by atoms with Crippen LogP contribution in [0.4, 0.5) is 10.5 Å². The zero-order valence-electron chi connectivity index (χ0n) is 18.2. The fraction of sp³-hybridized carbons (Fsp3) is 0.115. The molecule has 1 heterocycles. The lowest BCUT2D eigenvalue weighted by atomic mass is 10.1. The highest BCUT2D eigenvalue weighted by molar-refractivity contribution is 7.99. The third-order valence-corrected chi connectivity index (χ3v) is 5.97. The van der Waals surface area contributed by atoms with E-state index >= 15 is 0 Å². The van der Waals surface area contributed by atoms with Gasteiger partial charge in [0.15, 0.2) is 0 Å². The minimum Gasteiger partial charge on any atom is -0.494 e. The Morgan fingerprint density at radius 2 is 1.48 bits per heavy atom. The zero-order valence-corrected chi connectivity index (χ0v) is 19.0. The quantitative estimate of drug-likeness (QED) is 0.405. The van der Waals surface area contributed by atoms with Crippen molar-refractivity contribution in [3.05, 3.63) is 89.5 Å². The number of ether oxygens (including phenoxy) is 1. The Balaban J connectivity index is 1.54. The molecule has 3 aromatic carbocycles. The molecule has 0 aliphatic carbocycles. The van der Waals surface area contributed by atoms with Crippen molar-refractivity contribution in [3.8, 4) is 5.75 Å². The number of nitrogens with one attached hydrogen (secondary N) is 1. The van der Waals surface area contributed by atoms with Gasteiger partial charge >= 0.3 is 6.03 Å². The van der Waals surface area contributed by atoms with Crippen LogP contribution < -0.4 is 15.0 Å². The molecule has 4 amide bonds. The van der Waals surface area contributed by atoms with E-state index in [1.54, 1.807) is 36.0 Å². The molecule has 1 saturated heterocycles. The number of imide groups is 2. The first kappa shape index (κ1) is 22.4. The number of amides is 4. The summed E-state index contributed by atoms with van der Waals surface area (Å²) in [7, 11) is 0. The van der Waals surface area contributed by atoms with E-state index in [1.807, 2.05) is 38.1 Å². The zero-order chi connectivity index (χ0) is 23.4. The van der Waals surface area contributed by atoms with Gasteiger partial charge in [0, 0.05) is 9.79 Å². The molecule has 166 valence electrons. The first-order valence-electron chi connectivity index (χ1n) is 10.4. The number of nitrogens with zero attached hydrogens (tertiary/aromatic N) is 1. The number of hydrogen-bond donors (Lipinski definition) is 1. The standard InChI is InChI=1S/C26H22N2O4S/c1-3-32-20-10-8-19(9-11-20)28-25(30)23(24(29)27-26(28)31)16-18-6-14-22(15-7-18)33-21-12-4-17(2)5-13-21/h4-16H,3H2,1-2H3,(H,27,29,31)/b23-16+. The maximum Gasteiger partial charge on any atom is 0.335 e. The molecule has 7 heteroatoms. The van der Waals surface area contributed by atoms with Crippen LogP contribution in [0.25, 0.3) is 6.08 Å². The van der Waals surface area contributed by atoms with Crippen LogP contribution in [0, 0.1) is 6.92 Å². The minimum atomic E-state index is -0.781. The van der Waals surface area contributed by atoms with E-state index in [9.17, 15) is 14.4 Å². The van der Waals surface area contributed by atoms with Crippen LogP contribution in [0.1, 0.15) is 18.1 Å². The van der Waals surface area contributed by atoms with E-state index in [1.165, 1.54) is 11.6 Å². The highest BCUT2D eigenvalue weighted by Gasteiger charge is 2.36. The molecular weight excluding hydrogens is 436 g/mol. The Bertz CT molecular complexity index is 1220. The van der Waals surface area contributed by atoms with Crippen LogP contribution in [0.5, 0.6) is 5.75 Å². The predicted molar refractivity (Wildman–Crippen MR) is 128 cm³/mol. The van der Waals surface area contributed by atoms with Gasteiger partial charge in [-0.25, -0.2) is 9.69 Å². The summed E-state index contributed by atoms with van der Waals surface area (Å²) in [6.07, 6.45) is 1.49. The van der Waals surface area contributed by atoms with Gasteiger partial charge in [-0.15, -0.1) is 0 Å². The lowest BCUT2D eigenvalue weighted by molar-refractivity contribution is -0.122. The van der Waals surface area contributed by atoms with Gasteiger partial charge in [0.05, 0.1) is 12.3 Å². The van der Waals surface area contributed by atoms with Crippen molar-refractivity contribution in [2.45, 2.75) is 23.6 Å². The lowest BCUT2D eigenvalue weighted by Crippen LogP contribution is -2.54. The van der Waals surface area contributed by atoms with Crippen molar-refractivity contribution in [2.75, 3.05) is 11.5 Å². The Labute approximate surface area is 196 Å². The van der Waals surface area contributed by atoms with E-state index < -0.39 is 17.8 Å². The summed E-state index contributed by atoms with van der Waals surface area (Å²) >= 11 is 1.62. The average molecular weight is 459 g/mol. The highest BCUT2D eigenvalue weighted by Crippen LogP contribution is 2.29. The number of carbonyl (C=O) groups excluding carboxylic acids is 3. The smallest absolute Gasteiger partial charge is 0.335 e. The minimum absolute atomic E-state index is 0.109. The molecule has 0 radical (unpaired) electrons. The number of barbiturate groups is 1. The van der Waals surface area contributed by atoms with E-state index in [4.69, 9.17) is 4.74 Å². The van der Waals surface area contributed by atoms with Crippen molar-refractivity contribution in [1.82, 2.24) is 5.32 Å². The number of aryl methyl sites for hydroxylation is 1. The summed E-state index contributed by atoms with van der Waals surface area (Å²) in [5.74, 6) is -0.766. The molecule has 0 unspecified atom stereocenters. The Morgan fingerprint density at radius 3 is 2.09 bits per heavy atom. The molecule has 0 spiro atoms. The first-order chi connectivity index (χ1) is 15.9. The van der Waals surface area contributed by atoms with E-state index in [2.05, 4.69) is 29.6 Å². The van der Waals surface area contributed by atoms with Crippen LogP contribution in [-0.4, -0.2) is 24.5 Å². The number of benzene rings is 3. The molecule has 4 rings (SSSR count). The van der Waals surface area contributed by atoms with Crippen molar-refractivity contribution >= 4 is 41.4 Å². The molecule has 6 nitrogen and oxygen atoms in total. The summed E-state index contributed by atoms with van der Waals surface area (Å²) in [5, 5.41) is 2.24. The van der Waals surface area contributed by atoms with Gasteiger partial charge in [0.1, 0.15) is 11.3 Å². The maximum absolute atomic E-state index is 13.0. The fourth-order valence-electron chi connectivity index (χ4n) is 3.29. The Morgan fingerprint density at radius 1 is 0.879 bits per heavy atom. The van der Waals surface area contributed by atoms with Gasteiger partial charge in [-0.2, -0.15) is 0 Å². The average Bonchev–Trinajstić information content (AvgIpc) is 2.80. The third kappa shape index (κ3) is 5.15. The van der Waals surface area contributed by atoms with Crippen LogP contribution in [-0.2, 0) is 9.59 Å². The molecule has 1 N–H and O–H groups in total. The molecule has 0 bridgehead atoms. The summed E-state index contributed by atoms with van der Waals surface area (Å²) in [5.41, 5.74) is 2.13. The largest absolute Gasteiger partial charge is 0.494 e. The van der Waals surface area contributed by atoms with Crippen molar-refractivity contribution < 1.29 is 19.1 Å². The van der Waals surface area contributed by atoms with Gasteiger partial charge in [-0.3, -0.25) is 14.9 Å². The Kier molecular flexibility index (Phi) is 6.60. The van der Waals surface area contributed by atoms with Crippen molar-refractivity contribution in [1.29, 1.82) is 0 Å². The van der Waals surface area contributed by atoms with Crippen LogP contribution in [0.2, 0.25) is 0 Å². The number of carbonyl (C=O) groups is 3. The van der Waals surface area contributed by atoms with Crippen LogP contribution in [0.15, 0.2) is 88.2 Å². The summed E-state index contributed by atoms with van der Waals surface area (Å²) in [6, 6.07) is 21.5. The fourth-order valence-corrected chi connectivity index (χ4v) is 4.11. The molecule has 0 atom stereocenters. The number of anilines is 1. The van der Waals surface area contributed by atoms with Gasteiger partial charge < -0.3 is 4.74 Å². The summed E-state index contributed by atoms with van der Waals surface area (Å²) in [4.78, 5) is 40.9. The number of hydrogen-bond acceptors (Lipinski definition) is 5. The normalized spacial score (nSPS) is 15.0. The molecule has 0 aromatic heterocycles. The van der Waals surface area contributed by atoms with E-state index in [0.717, 1.165) is 14.7 Å². The molecule has 0 saturated carbocycles. The van der Waals surface area contributed by atoms with Gasteiger partial charge in [0.25, 0.3) is 11.8 Å². The summed E-state index contributed by atoms with van der Waals surface area (Å²) in [6.45, 7) is 4.42. The Hall–Kier alpha value is -3.84. The van der Waals surface area contributed by atoms with Gasteiger partial charge in [-0.1, -0.05) is 41.6 Å². The van der Waals surface area contributed by atoms with E-state index in [-0.39, 0.29) is 5.57 Å². The molecular formula is C26H22N2O4S. The predicted octanol–water partition coefficient (Wildman–Crippen LogP) is 5.21. The van der Waals surface area contributed by atoms with E-state index in [0.29, 0.717) is 23.6 Å². The maximum atomic E-state index is 13.0.